The van der Waals surface area contributed by atoms with E-state index >= 15 is 0 Å². The van der Waals surface area contributed by atoms with Gasteiger partial charge < -0.3 is 0 Å². The van der Waals surface area contributed by atoms with Crippen LogP contribution in [0.1, 0.15) is 0 Å². The fourth-order valence-electron chi connectivity index (χ4n) is 0.642. The van der Waals surface area contributed by atoms with E-state index in [1.54, 1.807) is 0 Å². The van der Waals surface area contributed by atoms with Gasteiger partial charge in [0, 0.05) is 42.1 Å². The molecule has 0 amide bonds. The van der Waals surface area contributed by atoms with E-state index in [-0.39, 0.29) is 42.1 Å². The van der Waals surface area contributed by atoms with E-state index in [1.807, 2.05) is 60.7 Å². The third-order valence-corrected chi connectivity index (χ3v) is 1.11. The average Bonchev–Trinajstić information content (AvgIpc) is 3.43. The first kappa shape index (κ1) is 49.5. The second-order valence-corrected chi connectivity index (χ2v) is 1.92. The topological polar surface area (TPSA) is 119 Å². The van der Waals surface area contributed by atoms with Gasteiger partial charge in [0.2, 0.25) is 0 Å². The molecule has 2 rings (SSSR count). The van der Waals surface area contributed by atoms with Crippen molar-refractivity contribution in [2.45, 2.75) is 0 Å². The summed E-state index contributed by atoms with van der Waals surface area (Å²) in [6.07, 6.45) is 0. The van der Waals surface area contributed by atoms with Gasteiger partial charge in [0.25, 0.3) is 0 Å². The van der Waals surface area contributed by atoms with Crippen molar-refractivity contribution in [3.63, 3.8) is 0 Å². The summed E-state index contributed by atoms with van der Waals surface area (Å²) in [6, 6.07) is 20.0. The maximum Gasteiger partial charge on any atom is 0 e. The maximum absolute atomic E-state index is 7.50. The molecule has 0 aliphatic carbocycles. The molecule has 0 radical (unpaired) electrons. The number of rotatable bonds is 0. The minimum absolute atomic E-state index is 0. The molecule has 0 saturated carbocycles. The molecule has 0 bridgehead atoms. The first-order chi connectivity index (χ1) is 11.0. The first-order valence-electron chi connectivity index (χ1n) is 4.56. The van der Waals surface area contributed by atoms with E-state index in [9.17, 15) is 0 Å². The predicted molar refractivity (Wildman–Crippen MR) is 67.6 cm³/mol. The second-order valence-electron chi connectivity index (χ2n) is 1.92. The SMILES string of the molecule is [C-]#[O+].[C-]#[O+].[C-]#[O+].[C-]#[O+].[C-]#[O+].[C-]#[O+].[W].[W].c1cc[cH-]c1.c1cc[cH-]c1. The summed E-state index contributed by atoms with van der Waals surface area (Å²) in [5, 5.41) is 0. The first-order valence-corrected chi connectivity index (χ1v) is 4.56. The molecule has 124 valence electrons. The summed E-state index contributed by atoms with van der Waals surface area (Å²) < 4.78 is 45.0. The van der Waals surface area contributed by atoms with Gasteiger partial charge in [0.15, 0.2) is 0 Å². The van der Waals surface area contributed by atoms with E-state index in [4.69, 9.17) is 27.9 Å². The summed E-state index contributed by atoms with van der Waals surface area (Å²) >= 11 is 0. The predicted octanol–water partition coefficient (Wildman–Crippen LogP) is 2.58. The third kappa shape index (κ3) is 108. The van der Waals surface area contributed by atoms with Gasteiger partial charge in [0.05, 0.1) is 0 Å². The van der Waals surface area contributed by atoms with Crippen LogP contribution >= 0.6 is 0 Å². The van der Waals surface area contributed by atoms with Crippen LogP contribution in [0, 0.1) is 39.9 Å². The van der Waals surface area contributed by atoms with Crippen molar-refractivity contribution >= 4 is 0 Å². The van der Waals surface area contributed by atoms with Crippen molar-refractivity contribution in [1.82, 2.24) is 0 Å². The van der Waals surface area contributed by atoms with Crippen LogP contribution in [0.2, 0.25) is 0 Å². The summed E-state index contributed by atoms with van der Waals surface area (Å²) in [5.74, 6) is 0. The van der Waals surface area contributed by atoms with Crippen molar-refractivity contribution in [1.29, 1.82) is 0 Å². The fraction of sp³-hybridized carbons (Fsp3) is 0. The molecular formula is C16H10O6W2-2. The largest absolute Gasteiger partial charge is 0.214 e. The smallest absolute Gasteiger partial charge is 0 e. The summed E-state index contributed by atoms with van der Waals surface area (Å²) in [7, 11) is 0. The Hall–Kier alpha value is -1.48. The maximum atomic E-state index is 7.50. The van der Waals surface area contributed by atoms with Crippen molar-refractivity contribution in [3.05, 3.63) is 101 Å². The Balaban J connectivity index is -0.0000000213. The van der Waals surface area contributed by atoms with Gasteiger partial charge in [-0.05, 0) is 0 Å². The molecule has 24 heavy (non-hydrogen) atoms. The number of hydrogen-bond donors (Lipinski definition) is 0. The molecule has 0 N–H and O–H groups in total. The van der Waals surface area contributed by atoms with Crippen LogP contribution < -0.4 is 0 Å². The molecule has 0 heterocycles. The Bertz CT molecular complexity index is 329. The zero-order chi connectivity index (χ0) is 19.1. The van der Waals surface area contributed by atoms with Crippen LogP contribution in [-0.4, -0.2) is 0 Å². The van der Waals surface area contributed by atoms with Crippen molar-refractivity contribution in [2.75, 3.05) is 0 Å². The van der Waals surface area contributed by atoms with Crippen LogP contribution in [0.15, 0.2) is 60.7 Å². The third-order valence-electron chi connectivity index (χ3n) is 1.11. The van der Waals surface area contributed by atoms with E-state index < -0.39 is 0 Å². The summed E-state index contributed by atoms with van der Waals surface area (Å²) in [5.41, 5.74) is 0. The van der Waals surface area contributed by atoms with Gasteiger partial charge in [0.1, 0.15) is 0 Å². The molecule has 6 nitrogen and oxygen atoms in total. The van der Waals surface area contributed by atoms with Crippen molar-refractivity contribution in [3.8, 4) is 0 Å². The van der Waals surface area contributed by atoms with Gasteiger partial charge >= 0.3 is 67.8 Å². The van der Waals surface area contributed by atoms with E-state index in [1.165, 1.54) is 0 Å². The normalized spacial score (nSPS) is 3.83. The van der Waals surface area contributed by atoms with E-state index in [2.05, 4.69) is 39.9 Å². The summed E-state index contributed by atoms with van der Waals surface area (Å²) in [6.45, 7) is 27.0. The zero-order valence-corrected chi connectivity index (χ0v) is 17.9. The quantitative estimate of drug-likeness (QED) is 0.304. The molecule has 0 aliphatic heterocycles. The van der Waals surface area contributed by atoms with Gasteiger partial charge in [-0.3, -0.25) is 0 Å². The molecular weight excluding hydrogens is 656 g/mol. The Morgan fingerprint density at radius 1 is 0.375 bits per heavy atom. The Morgan fingerprint density at radius 3 is 0.542 bits per heavy atom. The monoisotopic (exact) mass is 666 g/mol. The molecule has 0 spiro atoms. The van der Waals surface area contributed by atoms with Gasteiger partial charge in [-0.1, -0.05) is 0 Å². The molecule has 2 aromatic rings. The standard InChI is InChI=1S/2C5H5.6CO.2W/c2*1-2-4-5-3-1;6*1-2;;/h2*1-5H;;;;;;;;/q2*-1;;;;;;;;. The molecule has 0 atom stereocenters. The fourth-order valence-corrected chi connectivity index (χ4v) is 0.642. The zero-order valence-electron chi connectivity index (χ0n) is 12.0. The molecule has 0 saturated heterocycles. The van der Waals surface area contributed by atoms with Gasteiger partial charge in [-0.25, -0.2) is 24.3 Å². The molecule has 0 fully saturated rings. The van der Waals surface area contributed by atoms with Crippen LogP contribution in [0.5, 0.6) is 0 Å². The molecule has 0 aromatic heterocycles. The molecule has 8 heteroatoms. The minimum atomic E-state index is 0. The number of hydrogen-bond acceptors (Lipinski definition) is 0. The van der Waals surface area contributed by atoms with E-state index in [0.29, 0.717) is 0 Å². The van der Waals surface area contributed by atoms with Crippen LogP contribution in [0.25, 0.3) is 0 Å². The Morgan fingerprint density at radius 2 is 0.500 bits per heavy atom. The molecule has 2 aromatic carbocycles. The van der Waals surface area contributed by atoms with E-state index in [0.717, 1.165) is 0 Å². The van der Waals surface area contributed by atoms with Crippen molar-refractivity contribution < 1.29 is 70.0 Å². The van der Waals surface area contributed by atoms with Crippen LogP contribution in [0.4, 0.5) is 0 Å². The molecule has 0 unspecified atom stereocenters. The second kappa shape index (κ2) is 125. The van der Waals surface area contributed by atoms with Crippen molar-refractivity contribution in [2.24, 2.45) is 0 Å². The van der Waals surface area contributed by atoms with Crippen LogP contribution in [-0.2, 0) is 70.0 Å². The Labute approximate surface area is 170 Å². The molecule has 0 aliphatic rings. The average molecular weight is 666 g/mol. The van der Waals surface area contributed by atoms with Gasteiger partial charge in [-0.15, -0.1) is 0 Å². The van der Waals surface area contributed by atoms with Crippen LogP contribution in [0.3, 0.4) is 0 Å². The minimum Gasteiger partial charge on any atom is -0.214 e. The summed E-state index contributed by atoms with van der Waals surface area (Å²) in [4.78, 5) is 0. The Kier molecular flexibility index (Phi) is 257. The van der Waals surface area contributed by atoms with Gasteiger partial charge in [-0.2, -0.15) is 36.4 Å².